The molecule has 1 saturated carbocycles. The zero-order chi connectivity index (χ0) is 37.6. The molecule has 1 atom stereocenters. The predicted octanol–water partition coefficient (Wildman–Crippen LogP) is 7.81. The van der Waals surface area contributed by atoms with Crippen molar-refractivity contribution in [2.45, 2.75) is 83.6 Å². The van der Waals surface area contributed by atoms with Gasteiger partial charge in [-0.25, -0.2) is 9.37 Å². The molecule has 0 bridgehead atoms. The van der Waals surface area contributed by atoms with Gasteiger partial charge in [-0.3, -0.25) is 19.8 Å². The van der Waals surface area contributed by atoms with E-state index in [2.05, 4.69) is 29.4 Å². The number of esters is 1. The second kappa shape index (κ2) is 14.9. The molecule has 0 saturated heterocycles. The van der Waals surface area contributed by atoms with Crippen molar-refractivity contribution in [3.05, 3.63) is 92.2 Å². The Morgan fingerprint density at radius 2 is 1.83 bits per heavy atom. The maximum Gasteiger partial charge on any atom is 0.326 e. The van der Waals surface area contributed by atoms with Crippen molar-refractivity contribution in [2.75, 3.05) is 25.6 Å². The highest BCUT2D eigenvalue weighted by Crippen LogP contribution is 2.46. The Labute approximate surface area is 318 Å². The van der Waals surface area contributed by atoms with Gasteiger partial charge < -0.3 is 24.1 Å². The molecule has 4 aromatic rings. The Morgan fingerprint density at radius 1 is 1.08 bits per heavy atom. The smallest absolute Gasteiger partial charge is 0.326 e. The van der Waals surface area contributed by atoms with Gasteiger partial charge in [0.25, 0.3) is 5.91 Å². The minimum absolute atomic E-state index is 0.0347. The van der Waals surface area contributed by atoms with Crippen LogP contribution in [0.25, 0.3) is 11.1 Å². The first-order valence-electron chi connectivity index (χ1n) is 18.1. The fraction of sp³-hybridized carbons (Fsp3) is 0.425. The van der Waals surface area contributed by atoms with Crippen LogP contribution in [0.5, 0.6) is 11.5 Å². The molecule has 53 heavy (non-hydrogen) atoms. The fourth-order valence-electron chi connectivity index (χ4n) is 7.54. The highest BCUT2D eigenvalue weighted by Gasteiger charge is 2.51. The van der Waals surface area contributed by atoms with Gasteiger partial charge in [0.2, 0.25) is 0 Å². The van der Waals surface area contributed by atoms with Crippen LogP contribution in [-0.4, -0.2) is 58.2 Å². The number of aromatic nitrogens is 2. The average Bonchev–Trinajstić information content (AvgIpc) is 3.72. The number of benzene rings is 3. The monoisotopic (exact) mass is 763 g/mol. The van der Waals surface area contributed by atoms with Gasteiger partial charge in [0.1, 0.15) is 28.2 Å². The van der Waals surface area contributed by atoms with Crippen LogP contribution < -0.4 is 20.1 Å². The lowest BCUT2D eigenvalue weighted by atomic mass is 9.96. The Balaban J connectivity index is 1.11. The summed E-state index contributed by atoms with van der Waals surface area (Å²) in [5.41, 5.74) is 5.58. The van der Waals surface area contributed by atoms with Crippen molar-refractivity contribution in [3.8, 4) is 22.6 Å². The third-order valence-corrected chi connectivity index (χ3v) is 11.5. The number of nitrogens with one attached hydrogen (secondary N) is 2. The summed E-state index contributed by atoms with van der Waals surface area (Å²) in [4.78, 5) is 32.9. The molecule has 10 nitrogen and oxygen atoms in total. The van der Waals surface area contributed by atoms with Crippen LogP contribution in [0.2, 0.25) is 10.0 Å². The maximum absolute atomic E-state index is 15.9. The van der Waals surface area contributed by atoms with E-state index < -0.39 is 17.5 Å². The minimum Gasteiger partial charge on any atom is -0.493 e. The van der Waals surface area contributed by atoms with E-state index in [1.807, 2.05) is 48.9 Å². The third-order valence-electron chi connectivity index (χ3n) is 10.7. The Hall–Kier alpha value is -4.16. The number of carbonyl (C=O) groups excluding carboxylic acids is 2. The first-order valence-corrected chi connectivity index (χ1v) is 18.9. The van der Waals surface area contributed by atoms with E-state index in [1.54, 1.807) is 12.1 Å². The summed E-state index contributed by atoms with van der Waals surface area (Å²) in [6, 6.07) is 13.5. The molecular formula is C40H44Cl2FN5O5. The second-order valence-corrected chi connectivity index (χ2v) is 14.9. The van der Waals surface area contributed by atoms with Gasteiger partial charge in [0, 0.05) is 62.0 Å². The van der Waals surface area contributed by atoms with E-state index >= 15 is 4.39 Å². The molecule has 2 N–H and O–H groups in total. The molecule has 13 heteroatoms. The number of amides is 1. The molecule has 2 aliphatic carbocycles. The van der Waals surface area contributed by atoms with Crippen molar-refractivity contribution in [1.82, 2.24) is 19.8 Å². The summed E-state index contributed by atoms with van der Waals surface area (Å²) >= 11 is 13.6. The quantitative estimate of drug-likeness (QED) is 0.141. The molecule has 3 aliphatic rings. The lowest BCUT2D eigenvalue weighted by molar-refractivity contribution is -0.144. The zero-order valence-corrected chi connectivity index (χ0v) is 32.1. The molecule has 1 amide bonds. The molecule has 1 aromatic heterocycles. The van der Waals surface area contributed by atoms with Gasteiger partial charge >= 0.3 is 5.97 Å². The number of fused-ring (bicyclic) bond motifs is 2. The Kier molecular flexibility index (Phi) is 10.5. The summed E-state index contributed by atoms with van der Waals surface area (Å²) < 4.78 is 35.0. The predicted molar refractivity (Wildman–Crippen MR) is 202 cm³/mol. The summed E-state index contributed by atoms with van der Waals surface area (Å²) in [5, 5.41) is 6.41. The number of anilines is 1. The van der Waals surface area contributed by atoms with Crippen LogP contribution in [0.15, 0.2) is 42.5 Å². The number of ether oxygens (including phenoxy) is 3. The normalized spacial score (nSPS) is 17.3. The van der Waals surface area contributed by atoms with Gasteiger partial charge in [0.05, 0.1) is 30.1 Å². The van der Waals surface area contributed by atoms with Gasteiger partial charge in [-0.15, -0.1) is 0 Å². The highest BCUT2D eigenvalue weighted by molar-refractivity contribution is 6.36. The number of carbonyl (C=O) groups is 2. The molecule has 3 aromatic carbocycles. The summed E-state index contributed by atoms with van der Waals surface area (Å²) in [6.07, 6.45) is 2.96. The second-order valence-electron chi connectivity index (χ2n) is 14.2. The van der Waals surface area contributed by atoms with E-state index in [-0.39, 0.29) is 34.8 Å². The number of nitrogens with zero attached hydrogens (tertiary/aromatic N) is 3. The Bertz CT molecular complexity index is 2080. The first kappa shape index (κ1) is 37.2. The van der Waals surface area contributed by atoms with Crippen molar-refractivity contribution >= 4 is 40.8 Å². The van der Waals surface area contributed by atoms with E-state index in [0.29, 0.717) is 67.2 Å². The SMILES string of the molecule is CCOc1cc(OC2CCc3c(-c4cccc(NC(=O)c5nc6c(n5C)CCN(C(C)C)C6)c4Cl)cccc32)c(Cl)c(F)c1CNC1(C(=O)OC)CC1. The number of methoxy groups -OCH3 is 1. The minimum atomic E-state index is -0.819. The molecule has 0 spiro atoms. The fourth-order valence-corrected chi connectivity index (χ4v) is 8.02. The highest BCUT2D eigenvalue weighted by atomic mass is 35.5. The summed E-state index contributed by atoms with van der Waals surface area (Å²) in [6.45, 7) is 8.11. The molecule has 7 rings (SSSR count). The van der Waals surface area contributed by atoms with Crippen LogP contribution in [0, 0.1) is 5.82 Å². The molecule has 0 radical (unpaired) electrons. The van der Waals surface area contributed by atoms with E-state index in [4.69, 9.17) is 42.4 Å². The van der Waals surface area contributed by atoms with Crippen LogP contribution in [0.1, 0.15) is 84.8 Å². The number of rotatable bonds is 12. The molecule has 1 aliphatic heterocycles. The standard InChI is InChI=1S/C40H44Cl2FN5O5/c1-6-52-32-19-33(35(42)36(43)27(32)20-44-40(16-17-40)39(50)51-5)53-31-14-13-24-23(9-7-10-25(24)31)26-11-8-12-28(34(26)41)46-38(49)37-45-29-21-48(22(2)3)18-15-30(29)47(37)4/h7-12,19,22,31,44H,6,13-18,20-21H2,1-5H3,(H,46,49). The number of hydrogen-bond acceptors (Lipinski definition) is 8. The number of halogens is 3. The topological polar surface area (TPSA) is 107 Å². The first-order chi connectivity index (χ1) is 25.5. The molecule has 1 fully saturated rings. The third kappa shape index (κ3) is 7.00. The lowest BCUT2D eigenvalue weighted by Gasteiger charge is -2.29. The molecule has 1 unspecified atom stereocenters. The number of imidazole rings is 1. The van der Waals surface area contributed by atoms with Crippen molar-refractivity contribution < 1.29 is 28.2 Å². The largest absolute Gasteiger partial charge is 0.493 e. The van der Waals surface area contributed by atoms with E-state index in [0.717, 1.165) is 46.6 Å². The summed E-state index contributed by atoms with van der Waals surface area (Å²) in [5.74, 6) is -0.552. The molecule has 280 valence electrons. The van der Waals surface area contributed by atoms with Gasteiger partial charge in [-0.1, -0.05) is 53.5 Å². The van der Waals surface area contributed by atoms with Crippen molar-refractivity contribution in [3.63, 3.8) is 0 Å². The van der Waals surface area contributed by atoms with E-state index in [1.165, 1.54) is 7.11 Å². The summed E-state index contributed by atoms with van der Waals surface area (Å²) in [7, 11) is 3.22. The Morgan fingerprint density at radius 3 is 2.55 bits per heavy atom. The maximum atomic E-state index is 15.9. The van der Waals surface area contributed by atoms with Gasteiger partial charge in [0.15, 0.2) is 11.6 Å². The zero-order valence-electron chi connectivity index (χ0n) is 30.6. The molecule has 2 heterocycles. The van der Waals surface area contributed by atoms with Crippen LogP contribution in [0.3, 0.4) is 0 Å². The lowest BCUT2D eigenvalue weighted by Crippen LogP contribution is -2.39. The van der Waals surface area contributed by atoms with Crippen LogP contribution >= 0.6 is 23.2 Å². The van der Waals surface area contributed by atoms with Crippen LogP contribution in [0.4, 0.5) is 10.1 Å². The van der Waals surface area contributed by atoms with Gasteiger partial charge in [-0.05, 0) is 69.2 Å². The number of hydrogen-bond donors (Lipinski definition) is 2. The van der Waals surface area contributed by atoms with E-state index in [9.17, 15) is 9.59 Å². The van der Waals surface area contributed by atoms with Crippen molar-refractivity contribution in [2.24, 2.45) is 7.05 Å². The average molecular weight is 765 g/mol. The molecular weight excluding hydrogens is 720 g/mol. The van der Waals surface area contributed by atoms with Gasteiger partial charge in [-0.2, -0.15) is 0 Å². The van der Waals surface area contributed by atoms with Crippen LogP contribution in [-0.2, 0) is 42.5 Å². The van der Waals surface area contributed by atoms with Crippen molar-refractivity contribution in [1.29, 1.82) is 0 Å².